The largest absolute Gasteiger partial charge is 0.495 e. The minimum atomic E-state index is -0.570. The molecule has 7 nitrogen and oxygen atoms in total. The molecule has 140 valence electrons. The summed E-state index contributed by atoms with van der Waals surface area (Å²) in [5.74, 6) is -0.481. The van der Waals surface area contributed by atoms with Crippen molar-refractivity contribution in [3.63, 3.8) is 0 Å². The van der Waals surface area contributed by atoms with Gasteiger partial charge in [-0.05, 0) is 25.0 Å². The normalized spacial score (nSPS) is 16.6. The first kappa shape index (κ1) is 17.4. The van der Waals surface area contributed by atoms with Gasteiger partial charge in [-0.3, -0.25) is 4.79 Å². The molecule has 4 rings (SSSR count). The van der Waals surface area contributed by atoms with Crippen molar-refractivity contribution < 1.29 is 28.2 Å². The summed E-state index contributed by atoms with van der Waals surface area (Å²) < 4.78 is 21.5. The molecule has 0 saturated carbocycles. The maximum atomic E-state index is 12.2. The van der Waals surface area contributed by atoms with Crippen LogP contribution in [0, 0.1) is 0 Å². The van der Waals surface area contributed by atoms with Gasteiger partial charge in [-0.25, -0.2) is 4.79 Å². The van der Waals surface area contributed by atoms with E-state index in [1.165, 1.54) is 7.11 Å². The predicted octanol–water partition coefficient (Wildman–Crippen LogP) is 3.26. The van der Waals surface area contributed by atoms with Gasteiger partial charge in [-0.15, -0.1) is 0 Å². The molecule has 0 bridgehead atoms. The number of rotatable bonds is 5. The highest BCUT2D eigenvalue weighted by Crippen LogP contribution is 2.36. The number of hydrogen-bond acceptors (Lipinski definition) is 6. The van der Waals surface area contributed by atoms with Gasteiger partial charge >= 0.3 is 5.97 Å². The van der Waals surface area contributed by atoms with Gasteiger partial charge in [0.05, 0.1) is 12.8 Å². The molecule has 1 aliphatic rings. The highest BCUT2D eigenvalue weighted by molar-refractivity contribution is 6.07. The smallest absolute Gasteiger partial charge is 0.335 e. The SMILES string of the molecule is COc1cc2c(cc1NC(=O)COC(=O)C1CCCO1)oc1ccccc12. The number of fused-ring (bicyclic) bond motifs is 3. The second kappa shape index (κ2) is 7.28. The summed E-state index contributed by atoms with van der Waals surface area (Å²) in [6, 6.07) is 11.2. The molecule has 7 heteroatoms. The topological polar surface area (TPSA) is 87.0 Å². The van der Waals surface area contributed by atoms with Crippen molar-refractivity contribution in [3.05, 3.63) is 36.4 Å². The number of furan rings is 1. The Morgan fingerprint density at radius 2 is 2.04 bits per heavy atom. The van der Waals surface area contributed by atoms with Crippen molar-refractivity contribution in [1.29, 1.82) is 0 Å². The summed E-state index contributed by atoms with van der Waals surface area (Å²) >= 11 is 0. The van der Waals surface area contributed by atoms with Crippen LogP contribution in [0.15, 0.2) is 40.8 Å². The number of nitrogens with one attached hydrogen (secondary N) is 1. The average Bonchev–Trinajstić information content (AvgIpc) is 3.33. The number of amides is 1. The number of carbonyl (C=O) groups excluding carboxylic acids is 2. The minimum absolute atomic E-state index is 0.389. The summed E-state index contributed by atoms with van der Waals surface area (Å²) in [6.07, 6.45) is 0.872. The average molecular weight is 369 g/mol. The molecule has 1 fully saturated rings. The van der Waals surface area contributed by atoms with Crippen LogP contribution < -0.4 is 10.1 Å². The molecule has 1 unspecified atom stereocenters. The third-order valence-electron chi connectivity index (χ3n) is 4.51. The van der Waals surface area contributed by atoms with Crippen LogP contribution in [0.25, 0.3) is 21.9 Å². The maximum Gasteiger partial charge on any atom is 0.335 e. The number of hydrogen-bond donors (Lipinski definition) is 1. The molecule has 1 aliphatic heterocycles. The lowest BCUT2D eigenvalue weighted by Crippen LogP contribution is -2.27. The quantitative estimate of drug-likeness (QED) is 0.695. The lowest BCUT2D eigenvalue weighted by Gasteiger charge is -2.12. The van der Waals surface area contributed by atoms with Crippen LogP contribution in [-0.4, -0.2) is 38.3 Å². The lowest BCUT2D eigenvalue weighted by atomic mass is 10.1. The molecule has 0 aliphatic carbocycles. The summed E-state index contributed by atoms with van der Waals surface area (Å²) in [5.41, 5.74) is 1.83. The highest BCUT2D eigenvalue weighted by atomic mass is 16.6. The molecule has 0 radical (unpaired) electrons. The first-order chi connectivity index (χ1) is 13.2. The molecule has 1 N–H and O–H groups in total. The predicted molar refractivity (Wildman–Crippen MR) is 98.8 cm³/mol. The van der Waals surface area contributed by atoms with Gasteiger partial charge in [0.15, 0.2) is 12.7 Å². The molecule has 3 aromatic rings. The number of benzene rings is 2. The van der Waals surface area contributed by atoms with Gasteiger partial charge in [0, 0.05) is 23.4 Å². The van der Waals surface area contributed by atoms with Gasteiger partial charge in [-0.1, -0.05) is 18.2 Å². The van der Waals surface area contributed by atoms with Crippen molar-refractivity contribution in [2.24, 2.45) is 0 Å². The number of anilines is 1. The molecule has 0 spiro atoms. The molecule has 27 heavy (non-hydrogen) atoms. The van der Waals surface area contributed by atoms with Gasteiger partial charge in [0.1, 0.15) is 16.9 Å². The van der Waals surface area contributed by atoms with Crippen molar-refractivity contribution in [1.82, 2.24) is 0 Å². The number of methoxy groups -OCH3 is 1. The molecule has 2 aromatic carbocycles. The third kappa shape index (κ3) is 3.46. The minimum Gasteiger partial charge on any atom is -0.495 e. The summed E-state index contributed by atoms with van der Waals surface area (Å²) in [4.78, 5) is 24.0. The van der Waals surface area contributed by atoms with Crippen LogP contribution >= 0.6 is 0 Å². The molecular formula is C20H19NO6. The fourth-order valence-electron chi connectivity index (χ4n) is 3.20. The zero-order valence-electron chi connectivity index (χ0n) is 14.8. The Morgan fingerprint density at radius 1 is 1.19 bits per heavy atom. The van der Waals surface area contributed by atoms with E-state index in [2.05, 4.69) is 5.32 Å². The number of para-hydroxylation sites is 1. The zero-order chi connectivity index (χ0) is 18.8. The Morgan fingerprint density at radius 3 is 2.81 bits per heavy atom. The van der Waals surface area contributed by atoms with E-state index in [1.54, 1.807) is 6.07 Å². The summed E-state index contributed by atoms with van der Waals surface area (Å²) in [7, 11) is 1.52. The van der Waals surface area contributed by atoms with E-state index in [1.807, 2.05) is 30.3 Å². The van der Waals surface area contributed by atoms with Gasteiger partial charge in [0.2, 0.25) is 0 Å². The Balaban J connectivity index is 1.51. The first-order valence-corrected chi connectivity index (χ1v) is 8.73. The Labute approximate surface area is 155 Å². The molecular weight excluding hydrogens is 350 g/mol. The van der Waals surface area contributed by atoms with Crippen molar-refractivity contribution >= 4 is 39.5 Å². The van der Waals surface area contributed by atoms with Crippen molar-refractivity contribution in [3.8, 4) is 5.75 Å². The Hall–Kier alpha value is -3.06. The number of esters is 1. The third-order valence-corrected chi connectivity index (χ3v) is 4.51. The van der Waals surface area contributed by atoms with E-state index in [0.717, 1.165) is 22.8 Å². The molecule has 1 saturated heterocycles. The zero-order valence-corrected chi connectivity index (χ0v) is 14.8. The molecule has 2 heterocycles. The van der Waals surface area contributed by atoms with E-state index in [0.29, 0.717) is 30.0 Å². The van der Waals surface area contributed by atoms with E-state index in [-0.39, 0.29) is 6.61 Å². The molecule has 1 aromatic heterocycles. The number of carbonyl (C=O) groups is 2. The van der Waals surface area contributed by atoms with Crippen molar-refractivity contribution in [2.75, 3.05) is 25.6 Å². The van der Waals surface area contributed by atoms with Crippen LogP contribution in [0.5, 0.6) is 5.75 Å². The van der Waals surface area contributed by atoms with Gasteiger partial charge < -0.3 is 23.9 Å². The van der Waals surface area contributed by atoms with Gasteiger partial charge in [0.25, 0.3) is 5.91 Å². The summed E-state index contributed by atoms with van der Waals surface area (Å²) in [6.45, 7) is 0.153. The first-order valence-electron chi connectivity index (χ1n) is 8.73. The van der Waals surface area contributed by atoms with Crippen LogP contribution in [-0.2, 0) is 19.1 Å². The van der Waals surface area contributed by atoms with E-state index < -0.39 is 18.0 Å². The van der Waals surface area contributed by atoms with Crippen LogP contribution in [0.2, 0.25) is 0 Å². The summed E-state index contributed by atoms with van der Waals surface area (Å²) in [5, 5.41) is 4.56. The van der Waals surface area contributed by atoms with Gasteiger partial charge in [-0.2, -0.15) is 0 Å². The Kier molecular flexibility index (Phi) is 4.68. The monoisotopic (exact) mass is 369 g/mol. The van der Waals surface area contributed by atoms with Crippen molar-refractivity contribution in [2.45, 2.75) is 18.9 Å². The van der Waals surface area contributed by atoms with Crippen LogP contribution in [0.1, 0.15) is 12.8 Å². The second-order valence-electron chi connectivity index (χ2n) is 6.30. The fraction of sp³-hybridized carbons (Fsp3) is 0.300. The van der Waals surface area contributed by atoms with E-state index >= 15 is 0 Å². The lowest BCUT2D eigenvalue weighted by molar-refractivity contribution is -0.156. The maximum absolute atomic E-state index is 12.2. The fourth-order valence-corrected chi connectivity index (χ4v) is 3.20. The number of ether oxygens (including phenoxy) is 3. The van der Waals surface area contributed by atoms with Crippen LogP contribution in [0.3, 0.4) is 0 Å². The second-order valence-corrected chi connectivity index (χ2v) is 6.30. The van der Waals surface area contributed by atoms with Crippen LogP contribution in [0.4, 0.5) is 5.69 Å². The standard InChI is InChI=1S/C20H19NO6/c1-24-18-9-13-12-5-2-3-6-15(12)27-17(13)10-14(18)21-19(22)11-26-20(23)16-7-4-8-25-16/h2-3,5-6,9-10,16H,4,7-8,11H2,1H3,(H,21,22). The molecule has 1 atom stereocenters. The van der Waals surface area contributed by atoms with E-state index in [9.17, 15) is 9.59 Å². The highest BCUT2D eigenvalue weighted by Gasteiger charge is 2.25. The molecule has 1 amide bonds. The van der Waals surface area contributed by atoms with E-state index in [4.69, 9.17) is 18.6 Å². The Bertz CT molecular complexity index is 1000.